The molecule has 2 heteroatoms. The Morgan fingerprint density at radius 2 is 2.33 bits per heavy atom. The Morgan fingerprint density at radius 3 is 2.78 bits per heavy atom. The average Bonchev–Trinajstić information content (AvgIpc) is 2.58. The number of rotatable bonds is 1. The molecule has 0 N–H and O–H groups in total. The molecule has 0 atom stereocenters. The fraction of sp³-hybridized carbons (Fsp3) is 0.429. The maximum Gasteiger partial charge on any atom is 0.0515 e. The van der Waals surface area contributed by atoms with E-state index in [9.17, 15) is 0 Å². The fourth-order valence-electron chi connectivity index (χ4n) is 0.910. The molecule has 0 bridgehead atoms. The van der Waals surface area contributed by atoms with Crippen LogP contribution in [0.25, 0.3) is 0 Å². The molecule has 1 fully saturated rings. The van der Waals surface area contributed by atoms with E-state index in [0.29, 0.717) is 0 Å². The van der Waals surface area contributed by atoms with Crippen LogP contribution in [0.15, 0.2) is 11.4 Å². The van der Waals surface area contributed by atoms with Gasteiger partial charge in [-0.3, -0.25) is 0 Å². The molecule has 0 spiro atoms. The minimum Gasteiger partial charge on any atom is -0.147 e. The second-order valence-electron chi connectivity index (χ2n) is 2.44. The molecule has 1 aliphatic rings. The molecule has 0 radical (unpaired) electrons. The lowest BCUT2D eigenvalue weighted by Gasteiger charge is -1.82. The number of hydrogen-bond donors (Lipinski definition) is 0. The van der Waals surface area contributed by atoms with E-state index in [-0.39, 0.29) is 0 Å². The van der Waals surface area contributed by atoms with Gasteiger partial charge in [0.1, 0.15) is 0 Å². The van der Waals surface area contributed by atoms with Crippen molar-refractivity contribution < 1.29 is 0 Å². The van der Waals surface area contributed by atoms with Crippen LogP contribution in [0.4, 0.5) is 0 Å². The maximum absolute atomic E-state index is 5.74. The van der Waals surface area contributed by atoms with Crippen LogP contribution < -0.4 is 0 Å². The second-order valence-corrected chi connectivity index (χ2v) is 3.82. The third kappa shape index (κ3) is 1.12. The first kappa shape index (κ1) is 5.75. The van der Waals surface area contributed by atoms with E-state index >= 15 is 0 Å². The highest BCUT2D eigenvalue weighted by Crippen LogP contribution is 2.43. The van der Waals surface area contributed by atoms with Gasteiger partial charge in [-0.05, 0) is 24.8 Å². The van der Waals surface area contributed by atoms with E-state index in [0.717, 1.165) is 10.9 Å². The van der Waals surface area contributed by atoms with Crippen LogP contribution in [0.3, 0.4) is 0 Å². The predicted octanol–water partition coefficient (Wildman–Crippen LogP) is 3.28. The smallest absolute Gasteiger partial charge is 0.0515 e. The highest BCUT2D eigenvalue weighted by Gasteiger charge is 2.24. The number of thiophene rings is 1. The Labute approximate surface area is 63.5 Å². The van der Waals surface area contributed by atoms with Crippen LogP contribution in [0.5, 0.6) is 0 Å². The first-order chi connectivity index (χ1) is 4.36. The summed E-state index contributed by atoms with van der Waals surface area (Å²) in [6.45, 7) is 0. The molecule has 2 rings (SSSR count). The van der Waals surface area contributed by atoms with Crippen LogP contribution in [-0.4, -0.2) is 0 Å². The maximum atomic E-state index is 5.74. The third-order valence-electron chi connectivity index (χ3n) is 1.57. The Morgan fingerprint density at radius 1 is 1.56 bits per heavy atom. The first-order valence-corrected chi connectivity index (χ1v) is 4.36. The topological polar surface area (TPSA) is 0 Å². The molecule has 1 heterocycles. The van der Waals surface area contributed by atoms with Crippen molar-refractivity contribution in [1.29, 1.82) is 0 Å². The van der Waals surface area contributed by atoms with E-state index in [1.54, 1.807) is 11.3 Å². The Hall–Kier alpha value is -0.0100. The van der Waals surface area contributed by atoms with Crippen LogP contribution in [0.2, 0.25) is 5.02 Å². The summed E-state index contributed by atoms with van der Waals surface area (Å²) >= 11 is 7.53. The van der Waals surface area contributed by atoms with Crippen molar-refractivity contribution >= 4 is 22.9 Å². The Kier molecular flexibility index (Phi) is 1.27. The van der Waals surface area contributed by atoms with Crippen molar-refractivity contribution in [2.75, 3.05) is 0 Å². The van der Waals surface area contributed by atoms with Gasteiger partial charge in [0.2, 0.25) is 0 Å². The number of halogens is 1. The highest BCUT2D eigenvalue weighted by atomic mass is 35.5. The highest BCUT2D eigenvalue weighted by molar-refractivity contribution is 7.10. The Bertz CT molecular complexity index is 212. The molecule has 0 unspecified atom stereocenters. The van der Waals surface area contributed by atoms with Crippen LogP contribution in [0, 0.1) is 0 Å². The van der Waals surface area contributed by atoms with Crippen LogP contribution in [0.1, 0.15) is 23.6 Å². The summed E-state index contributed by atoms with van der Waals surface area (Å²) < 4.78 is 0. The first-order valence-electron chi connectivity index (χ1n) is 3.10. The van der Waals surface area contributed by atoms with Crippen molar-refractivity contribution in [2.24, 2.45) is 0 Å². The van der Waals surface area contributed by atoms with Gasteiger partial charge < -0.3 is 0 Å². The SMILES string of the molecule is Clc1csc(C2CC2)c1. The van der Waals surface area contributed by atoms with Crippen LogP contribution in [-0.2, 0) is 0 Å². The van der Waals surface area contributed by atoms with Gasteiger partial charge in [0.15, 0.2) is 0 Å². The lowest BCUT2D eigenvalue weighted by atomic mass is 10.3. The summed E-state index contributed by atoms with van der Waals surface area (Å²) in [6, 6.07) is 2.09. The van der Waals surface area contributed by atoms with Gasteiger partial charge in [-0.1, -0.05) is 11.6 Å². The molecule has 0 saturated heterocycles. The van der Waals surface area contributed by atoms with Gasteiger partial charge in [-0.25, -0.2) is 0 Å². The fourth-order valence-corrected chi connectivity index (χ4v) is 2.17. The van der Waals surface area contributed by atoms with Gasteiger partial charge in [-0.2, -0.15) is 0 Å². The molecule has 0 nitrogen and oxygen atoms in total. The molecule has 0 amide bonds. The van der Waals surface area contributed by atoms with Crippen LogP contribution >= 0.6 is 22.9 Å². The summed E-state index contributed by atoms with van der Waals surface area (Å²) in [5.74, 6) is 0.863. The zero-order valence-electron chi connectivity index (χ0n) is 4.93. The third-order valence-corrected chi connectivity index (χ3v) is 3.01. The predicted molar refractivity (Wildman–Crippen MR) is 41.3 cm³/mol. The van der Waals surface area contributed by atoms with Gasteiger partial charge in [0, 0.05) is 10.3 Å². The van der Waals surface area contributed by atoms with E-state index < -0.39 is 0 Å². The summed E-state index contributed by atoms with van der Waals surface area (Å²) in [6.07, 6.45) is 2.74. The molecule has 9 heavy (non-hydrogen) atoms. The monoisotopic (exact) mass is 158 g/mol. The lowest BCUT2D eigenvalue weighted by molar-refractivity contribution is 1.18. The van der Waals surface area contributed by atoms with Crippen molar-refractivity contribution in [2.45, 2.75) is 18.8 Å². The van der Waals surface area contributed by atoms with Gasteiger partial charge in [0.25, 0.3) is 0 Å². The quantitative estimate of drug-likeness (QED) is 0.589. The summed E-state index contributed by atoms with van der Waals surface area (Å²) in [7, 11) is 0. The van der Waals surface area contributed by atoms with E-state index in [4.69, 9.17) is 11.6 Å². The van der Waals surface area contributed by atoms with Gasteiger partial charge in [0.05, 0.1) is 5.02 Å². The molecule has 0 aromatic carbocycles. The number of hydrogen-bond acceptors (Lipinski definition) is 1. The average molecular weight is 159 g/mol. The molecule has 0 aliphatic heterocycles. The van der Waals surface area contributed by atoms with Crippen molar-refractivity contribution in [3.8, 4) is 0 Å². The van der Waals surface area contributed by atoms with E-state index in [2.05, 4.69) is 6.07 Å². The molecule has 1 saturated carbocycles. The normalized spacial score (nSPS) is 18.3. The standard InChI is InChI=1S/C7H7ClS/c8-6-3-7(9-4-6)5-1-2-5/h3-5H,1-2H2. The molecule has 1 aliphatic carbocycles. The minimum absolute atomic E-state index is 0.863. The zero-order valence-corrected chi connectivity index (χ0v) is 6.50. The van der Waals surface area contributed by atoms with Crippen molar-refractivity contribution in [3.05, 3.63) is 21.3 Å². The summed E-state index contributed by atoms with van der Waals surface area (Å²) in [5.41, 5.74) is 0. The Balaban J connectivity index is 2.28. The van der Waals surface area contributed by atoms with E-state index in [1.165, 1.54) is 17.7 Å². The van der Waals surface area contributed by atoms with Gasteiger partial charge in [-0.15, -0.1) is 11.3 Å². The van der Waals surface area contributed by atoms with Crippen molar-refractivity contribution in [1.82, 2.24) is 0 Å². The van der Waals surface area contributed by atoms with Crippen molar-refractivity contribution in [3.63, 3.8) is 0 Å². The summed E-state index contributed by atoms with van der Waals surface area (Å²) in [4.78, 5) is 1.47. The minimum atomic E-state index is 0.863. The molecule has 1 aromatic rings. The molecule has 48 valence electrons. The zero-order chi connectivity index (χ0) is 6.27. The van der Waals surface area contributed by atoms with Gasteiger partial charge >= 0.3 is 0 Å². The molecule has 1 aromatic heterocycles. The second kappa shape index (κ2) is 1.99. The summed E-state index contributed by atoms with van der Waals surface area (Å²) in [5, 5.41) is 2.91. The molecular weight excluding hydrogens is 152 g/mol. The lowest BCUT2D eigenvalue weighted by Crippen LogP contribution is -1.63. The largest absolute Gasteiger partial charge is 0.147 e. The van der Waals surface area contributed by atoms with E-state index in [1.807, 2.05) is 5.38 Å². The molecular formula is C7H7ClS.